The van der Waals surface area contributed by atoms with Crippen LogP contribution in [0.15, 0.2) is 54.6 Å². The summed E-state index contributed by atoms with van der Waals surface area (Å²) in [5.74, 6) is 1.97. The van der Waals surface area contributed by atoms with Gasteiger partial charge in [0.2, 0.25) is 11.8 Å². The predicted octanol–water partition coefficient (Wildman–Crippen LogP) is 2.50. The minimum absolute atomic E-state index is 0.0601. The van der Waals surface area contributed by atoms with Gasteiger partial charge in [0.05, 0.1) is 0 Å². The first-order valence-corrected chi connectivity index (χ1v) is 9.76. The number of benzene rings is 2. The van der Waals surface area contributed by atoms with Gasteiger partial charge in [0.1, 0.15) is 18.4 Å². The number of amides is 2. The van der Waals surface area contributed by atoms with Crippen molar-refractivity contribution in [3.63, 3.8) is 0 Å². The fourth-order valence-corrected chi connectivity index (χ4v) is 3.54. The second-order valence-corrected chi connectivity index (χ2v) is 7.23. The maximum Gasteiger partial charge on any atom is 0.243 e. The van der Waals surface area contributed by atoms with E-state index in [9.17, 15) is 9.59 Å². The van der Waals surface area contributed by atoms with Gasteiger partial charge in [-0.2, -0.15) is 11.8 Å². The Hall–Kier alpha value is -2.47. The molecule has 0 aliphatic carbocycles. The third-order valence-corrected chi connectivity index (χ3v) is 5.11. The van der Waals surface area contributed by atoms with Gasteiger partial charge in [-0.3, -0.25) is 9.59 Å². The van der Waals surface area contributed by atoms with Crippen LogP contribution in [-0.4, -0.2) is 29.4 Å². The van der Waals surface area contributed by atoms with Crippen LogP contribution in [-0.2, 0) is 22.7 Å². The fraction of sp³-hybridized carbons (Fsp3) is 0.300. The molecule has 3 rings (SSSR count). The topological polar surface area (TPSA) is 67.4 Å². The molecule has 6 heteroatoms. The first kappa shape index (κ1) is 18.3. The summed E-state index contributed by atoms with van der Waals surface area (Å²) in [5, 5.41) is 5.65. The summed E-state index contributed by atoms with van der Waals surface area (Å²) in [6.07, 6.45) is 0.471. The van der Waals surface area contributed by atoms with Crippen LogP contribution in [0.1, 0.15) is 17.5 Å². The van der Waals surface area contributed by atoms with Gasteiger partial charge in [-0.1, -0.05) is 42.5 Å². The van der Waals surface area contributed by atoms with Crippen LogP contribution in [0.5, 0.6) is 5.75 Å². The summed E-state index contributed by atoms with van der Waals surface area (Å²) in [5.41, 5.74) is 2.10. The highest BCUT2D eigenvalue weighted by Gasteiger charge is 2.23. The Morgan fingerprint density at radius 1 is 1.12 bits per heavy atom. The number of thioether (sulfide) groups is 1. The van der Waals surface area contributed by atoms with Gasteiger partial charge in [0.25, 0.3) is 0 Å². The zero-order chi connectivity index (χ0) is 18.2. The molecule has 0 radical (unpaired) electrons. The van der Waals surface area contributed by atoms with Crippen LogP contribution in [0.25, 0.3) is 0 Å². The molecule has 5 nitrogen and oxygen atoms in total. The lowest BCUT2D eigenvalue weighted by atomic mass is 10.2. The van der Waals surface area contributed by atoms with Crippen LogP contribution < -0.4 is 15.4 Å². The summed E-state index contributed by atoms with van der Waals surface area (Å²) in [7, 11) is 0. The molecule has 0 saturated carbocycles. The molecular weight excluding hydrogens is 348 g/mol. The minimum Gasteiger partial charge on any atom is -0.489 e. The number of ether oxygens (including phenoxy) is 1. The van der Waals surface area contributed by atoms with Gasteiger partial charge in [-0.25, -0.2) is 0 Å². The Bertz CT molecular complexity index is 734. The molecule has 1 saturated heterocycles. The molecule has 1 fully saturated rings. The summed E-state index contributed by atoms with van der Waals surface area (Å²) < 4.78 is 5.76. The largest absolute Gasteiger partial charge is 0.489 e. The van der Waals surface area contributed by atoms with Crippen molar-refractivity contribution >= 4 is 23.6 Å². The summed E-state index contributed by atoms with van der Waals surface area (Å²) >= 11 is 1.62. The van der Waals surface area contributed by atoms with E-state index in [0.717, 1.165) is 22.6 Å². The van der Waals surface area contributed by atoms with E-state index in [1.165, 1.54) is 0 Å². The average Bonchev–Trinajstić information content (AvgIpc) is 2.90. The van der Waals surface area contributed by atoms with Crippen LogP contribution in [0.4, 0.5) is 0 Å². The van der Waals surface area contributed by atoms with Crippen molar-refractivity contribution < 1.29 is 14.3 Å². The third kappa shape index (κ3) is 5.52. The van der Waals surface area contributed by atoms with Crippen molar-refractivity contribution in [1.82, 2.24) is 10.6 Å². The molecule has 1 heterocycles. The molecule has 26 heavy (non-hydrogen) atoms. The number of carbonyl (C=O) groups excluding carboxylic acids is 2. The Morgan fingerprint density at radius 3 is 2.65 bits per heavy atom. The molecule has 1 aliphatic heterocycles. The SMILES string of the molecule is O=C1CCSC[C@@H](C(=O)NCc2ccc(OCc3ccccc3)cc2)N1. The lowest BCUT2D eigenvalue weighted by Gasteiger charge is -2.15. The molecule has 2 aromatic rings. The normalized spacial score (nSPS) is 17.1. The standard InChI is InChI=1S/C20H22N2O3S/c23-19-10-11-26-14-18(22-19)20(24)21-12-15-6-8-17(9-7-15)25-13-16-4-2-1-3-5-16/h1-9,18H,10-14H2,(H,21,24)(H,22,23)/t18-/m0/s1. The second kappa shape index (κ2) is 9.29. The van der Waals surface area contributed by atoms with Gasteiger partial charge in [-0.05, 0) is 23.3 Å². The number of hydrogen-bond donors (Lipinski definition) is 2. The van der Waals surface area contributed by atoms with Crippen LogP contribution >= 0.6 is 11.8 Å². The molecule has 2 N–H and O–H groups in total. The van der Waals surface area contributed by atoms with Gasteiger partial charge in [0, 0.05) is 24.5 Å². The van der Waals surface area contributed by atoms with E-state index in [-0.39, 0.29) is 11.8 Å². The third-order valence-electron chi connectivity index (χ3n) is 4.05. The van der Waals surface area contributed by atoms with Crippen LogP contribution in [0, 0.1) is 0 Å². The summed E-state index contributed by atoms with van der Waals surface area (Å²) in [4.78, 5) is 23.8. The van der Waals surface area contributed by atoms with Crippen LogP contribution in [0.3, 0.4) is 0 Å². The number of rotatable bonds is 6. The van der Waals surface area contributed by atoms with E-state index in [1.54, 1.807) is 11.8 Å². The average molecular weight is 370 g/mol. The first-order valence-electron chi connectivity index (χ1n) is 8.61. The van der Waals surface area contributed by atoms with Crippen molar-refractivity contribution in [3.8, 4) is 5.75 Å². The van der Waals surface area contributed by atoms with E-state index in [0.29, 0.717) is 25.3 Å². The van der Waals surface area contributed by atoms with Crippen molar-refractivity contribution in [2.45, 2.75) is 25.6 Å². The Balaban J connectivity index is 1.46. The first-order chi connectivity index (χ1) is 12.7. The summed E-state index contributed by atoms with van der Waals surface area (Å²) in [6, 6.07) is 17.2. The number of nitrogens with one attached hydrogen (secondary N) is 2. The van der Waals surface area contributed by atoms with E-state index in [1.807, 2.05) is 54.6 Å². The predicted molar refractivity (Wildman–Crippen MR) is 103 cm³/mol. The van der Waals surface area contributed by atoms with Crippen molar-refractivity contribution in [3.05, 3.63) is 65.7 Å². The highest BCUT2D eigenvalue weighted by Crippen LogP contribution is 2.15. The van der Waals surface area contributed by atoms with Crippen molar-refractivity contribution in [1.29, 1.82) is 0 Å². The van der Waals surface area contributed by atoms with E-state index < -0.39 is 6.04 Å². The molecule has 136 valence electrons. The Labute approximate surface area is 157 Å². The minimum atomic E-state index is -0.455. The van der Waals surface area contributed by atoms with Crippen LogP contribution in [0.2, 0.25) is 0 Å². The maximum atomic E-state index is 12.2. The molecule has 2 amide bonds. The highest BCUT2D eigenvalue weighted by molar-refractivity contribution is 7.99. The lowest BCUT2D eigenvalue weighted by molar-refractivity contribution is -0.128. The maximum absolute atomic E-state index is 12.2. The Kier molecular flexibility index (Phi) is 6.55. The lowest BCUT2D eigenvalue weighted by Crippen LogP contribution is -2.47. The van der Waals surface area contributed by atoms with E-state index in [2.05, 4.69) is 10.6 Å². The quantitative estimate of drug-likeness (QED) is 0.820. The monoisotopic (exact) mass is 370 g/mol. The van der Waals surface area contributed by atoms with E-state index in [4.69, 9.17) is 4.74 Å². The second-order valence-electron chi connectivity index (χ2n) is 6.08. The molecule has 1 atom stereocenters. The van der Waals surface area contributed by atoms with E-state index >= 15 is 0 Å². The zero-order valence-corrected chi connectivity index (χ0v) is 15.3. The highest BCUT2D eigenvalue weighted by atomic mass is 32.2. The van der Waals surface area contributed by atoms with Gasteiger partial charge in [0.15, 0.2) is 0 Å². The summed E-state index contributed by atoms with van der Waals surface area (Å²) in [6.45, 7) is 0.949. The number of hydrogen-bond acceptors (Lipinski definition) is 4. The van der Waals surface area contributed by atoms with Gasteiger partial charge >= 0.3 is 0 Å². The fourth-order valence-electron chi connectivity index (χ4n) is 2.57. The molecule has 0 aromatic heterocycles. The van der Waals surface area contributed by atoms with Gasteiger partial charge in [-0.15, -0.1) is 0 Å². The van der Waals surface area contributed by atoms with Gasteiger partial charge < -0.3 is 15.4 Å². The molecule has 0 unspecified atom stereocenters. The Morgan fingerprint density at radius 2 is 1.88 bits per heavy atom. The van der Waals surface area contributed by atoms with Crippen molar-refractivity contribution in [2.75, 3.05) is 11.5 Å². The smallest absolute Gasteiger partial charge is 0.243 e. The molecular formula is C20H22N2O3S. The zero-order valence-electron chi connectivity index (χ0n) is 14.4. The molecule has 0 spiro atoms. The molecule has 0 bridgehead atoms. The molecule has 2 aromatic carbocycles. The van der Waals surface area contributed by atoms with Crippen molar-refractivity contribution in [2.24, 2.45) is 0 Å². The molecule has 1 aliphatic rings. The number of carbonyl (C=O) groups is 2.